The minimum absolute atomic E-state index is 0.0832. The molecule has 1 aromatic carbocycles. The summed E-state index contributed by atoms with van der Waals surface area (Å²) in [6.07, 6.45) is -4.08. The van der Waals surface area contributed by atoms with Crippen molar-refractivity contribution in [3.63, 3.8) is 0 Å². The highest BCUT2D eigenvalue weighted by atomic mass is 19.4. The topological polar surface area (TPSA) is 71.7 Å². The summed E-state index contributed by atoms with van der Waals surface area (Å²) in [5.74, 6) is -0.182. The molecule has 5 nitrogen and oxygen atoms in total. The summed E-state index contributed by atoms with van der Waals surface area (Å²) in [6.45, 7) is -0.260. The van der Waals surface area contributed by atoms with Gasteiger partial charge in [-0.05, 0) is 36.4 Å². The summed E-state index contributed by atoms with van der Waals surface area (Å²) in [5.41, 5.74) is -0.781. The van der Waals surface area contributed by atoms with Crippen LogP contribution in [-0.4, -0.2) is 30.3 Å². The fraction of sp³-hybridized carbons (Fsp3) is 0.267. The number of rotatable bonds is 6. The fourth-order valence-corrected chi connectivity index (χ4v) is 1.70. The van der Waals surface area contributed by atoms with E-state index in [-0.39, 0.29) is 24.7 Å². The zero-order valence-corrected chi connectivity index (χ0v) is 11.8. The molecule has 1 aromatic heterocycles. The number of carbonyl (C=O) groups excluding carboxylic acids is 1. The molecule has 23 heavy (non-hydrogen) atoms. The molecule has 0 fully saturated rings. The Balaban J connectivity index is 1.76. The van der Waals surface area contributed by atoms with Crippen LogP contribution in [0.1, 0.15) is 16.1 Å². The van der Waals surface area contributed by atoms with Gasteiger partial charge in [0.05, 0.1) is 11.8 Å². The number of furan rings is 1. The lowest BCUT2D eigenvalue weighted by Gasteiger charge is -2.13. The Labute approximate surface area is 129 Å². The van der Waals surface area contributed by atoms with Gasteiger partial charge in [0.1, 0.15) is 18.5 Å². The molecule has 8 heteroatoms. The average Bonchev–Trinajstić information content (AvgIpc) is 3.04. The lowest BCUT2D eigenvalue weighted by molar-refractivity contribution is -0.137. The summed E-state index contributed by atoms with van der Waals surface area (Å²) in [7, 11) is 0. The van der Waals surface area contributed by atoms with Crippen molar-refractivity contribution in [2.24, 2.45) is 0 Å². The van der Waals surface area contributed by atoms with Gasteiger partial charge in [-0.15, -0.1) is 0 Å². The molecule has 1 amide bonds. The molecule has 0 saturated heterocycles. The van der Waals surface area contributed by atoms with Crippen molar-refractivity contribution in [2.45, 2.75) is 12.3 Å². The van der Waals surface area contributed by atoms with Crippen LogP contribution < -0.4 is 10.1 Å². The van der Waals surface area contributed by atoms with Crippen LogP contribution in [-0.2, 0) is 6.18 Å². The second-order valence-electron chi connectivity index (χ2n) is 4.67. The number of aliphatic hydroxyl groups is 1. The Morgan fingerprint density at radius 1 is 1.26 bits per heavy atom. The number of amides is 1. The molecule has 2 rings (SSSR count). The van der Waals surface area contributed by atoms with Crippen molar-refractivity contribution in [3.05, 3.63) is 54.0 Å². The highest BCUT2D eigenvalue weighted by molar-refractivity contribution is 5.91. The molecule has 0 aliphatic rings. The Hall–Kier alpha value is -2.48. The minimum Gasteiger partial charge on any atom is -0.491 e. The number of alkyl halides is 3. The van der Waals surface area contributed by atoms with Gasteiger partial charge in [-0.1, -0.05) is 0 Å². The predicted octanol–water partition coefficient (Wildman–Crippen LogP) is 2.47. The zero-order valence-electron chi connectivity index (χ0n) is 11.8. The molecule has 0 aliphatic carbocycles. The smallest absolute Gasteiger partial charge is 0.416 e. The summed E-state index contributed by atoms with van der Waals surface area (Å²) in [5, 5.41) is 12.1. The monoisotopic (exact) mass is 329 g/mol. The van der Waals surface area contributed by atoms with E-state index in [9.17, 15) is 23.1 Å². The Bertz CT molecular complexity index is 623. The van der Waals surface area contributed by atoms with Crippen LogP contribution in [0.2, 0.25) is 0 Å². The van der Waals surface area contributed by atoms with Crippen LogP contribution in [0.15, 0.2) is 47.1 Å². The first-order chi connectivity index (χ1) is 10.9. The van der Waals surface area contributed by atoms with Crippen LogP contribution in [0, 0.1) is 0 Å². The first kappa shape index (κ1) is 16.9. The highest BCUT2D eigenvalue weighted by Gasteiger charge is 2.30. The molecule has 0 saturated carbocycles. The molecule has 0 spiro atoms. The van der Waals surface area contributed by atoms with E-state index in [1.807, 2.05) is 0 Å². The summed E-state index contributed by atoms with van der Waals surface area (Å²) in [6, 6.07) is 7.13. The predicted molar refractivity (Wildman–Crippen MR) is 74.0 cm³/mol. The van der Waals surface area contributed by atoms with Gasteiger partial charge >= 0.3 is 6.18 Å². The number of hydrogen-bond donors (Lipinski definition) is 2. The summed E-state index contributed by atoms with van der Waals surface area (Å²) < 4.78 is 47.2. The Morgan fingerprint density at radius 3 is 2.52 bits per heavy atom. The van der Waals surface area contributed by atoms with Gasteiger partial charge in [0.25, 0.3) is 5.91 Å². The van der Waals surface area contributed by atoms with Gasteiger partial charge in [0, 0.05) is 6.54 Å². The number of aliphatic hydroxyl groups excluding tert-OH is 1. The normalized spacial score (nSPS) is 12.7. The van der Waals surface area contributed by atoms with Gasteiger partial charge in [-0.3, -0.25) is 4.79 Å². The maximum atomic E-state index is 12.4. The van der Waals surface area contributed by atoms with Gasteiger partial charge in [0.15, 0.2) is 5.76 Å². The van der Waals surface area contributed by atoms with Gasteiger partial charge in [-0.2, -0.15) is 13.2 Å². The Morgan fingerprint density at radius 2 is 1.96 bits per heavy atom. The second kappa shape index (κ2) is 7.19. The van der Waals surface area contributed by atoms with E-state index in [0.29, 0.717) is 0 Å². The molecule has 1 heterocycles. The molecular weight excluding hydrogens is 315 g/mol. The molecule has 0 aliphatic heterocycles. The fourth-order valence-electron chi connectivity index (χ4n) is 1.70. The van der Waals surface area contributed by atoms with Crippen LogP contribution in [0.5, 0.6) is 5.75 Å². The van der Waals surface area contributed by atoms with E-state index in [4.69, 9.17) is 9.15 Å². The average molecular weight is 329 g/mol. The second-order valence-corrected chi connectivity index (χ2v) is 4.67. The van der Waals surface area contributed by atoms with Crippen molar-refractivity contribution in [1.82, 2.24) is 5.32 Å². The van der Waals surface area contributed by atoms with Crippen molar-refractivity contribution >= 4 is 5.91 Å². The van der Waals surface area contributed by atoms with Crippen LogP contribution in [0.3, 0.4) is 0 Å². The van der Waals surface area contributed by atoms with E-state index >= 15 is 0 Å². The van der Waals surface area contributed by atoms with Crippen LogP contribution in [0.4, 0.5) is 13.2 Å². The van der Waals surface area contributed by atoms with E-state index in [1.165, 1.54) is 12.3 Å². The standard InChI is InChI=1S/C15H14F3NO4/c16-15(17,18)10-3-5-12(6-4-10)23-9-11(20)8-19-14(21)13-2-1-7-22-13/h1-7,11,20H,8-9H2,(H,19,21)/t11-/m1/s1. The number of hydrogen-bond acceptors (Lipinski definition) is 4. The molecule has 124 valence electrons. The third kappa shape index (κ3) is 5.03. The maximum absolute atomic E-state index is 12.4. The minimum atomic E-state index is -4.41. The summed E-state index contributed by atoms with van der Waals surface area (Å²) >= 11 is 0. The SMILES string of the molecule is O=C(NC[C@@H](O)COc1ccc(C(F)(F)F)cc1)c1ccco1. The third-order valence-electron chi connectivity index (χ3n) is 2.87. The molecule has 0 radical (unpaired) electrons. The van der Waals surface area contributed by atoms with E-state index < -0.39 is 23.8 Å². The zero-order chi connectivity index (χ0) is 16.9. The molecule has 2 aromatic rings. The number of halogens is 3. The molecule has 2 N–H and O–H groups in total. The number of ether oxygens (including phenoxy) is 1. The first-order valence-corrected chi connectivity index (χ1v) is 6.66. The van der Waals surface area contributed by atoms with Gasteiger partial charge in [0.2, 0.25) is 0 Å². The molecule has 1 atom stereocenters. The van der Waals surface area contributed by atoms with E-state index in [1.54, 1.807) is 6.07 Å². The quantitative estimate of drug-likeness (QED) is 0.854. The van der Waals surface area contributed by atoms with Crippen molar-refractivity contribution in [2.75, 3.05) is 13.2 Å². The van der Waals surface area contributed by atoms with E-state index in [2.05, 4.69) is 5.32 Å². The number of nitrogens with one attached hydrogen (secondary N) is 1. The van der Waals surface area contributed by atoms with Gasteiger partial charge in [-0.25, -0.2) is 0 Å². The number of benzene rings is 1. The molecule has 0 unspecified atom stereocenters. The highest BCUT2D eigenvalue weighted by Crippen LogP contribution is 2.30. The van der Waals surface area contributed by atoms with Crippen LogP contribution >= 0.6 is 0 Å². The van der Waals surface area contributed by atoms with Gasteiger partial charge < -0.3 is 19.6 Å². The van der Waals surface area contributed by atoms with Crippen molar-refractivity contribution in [3.8, 4) is 5.75 Å². The van der Waals surface area contributed by atoms with Crippen molar-refractivity contribution < 1.29 is 32.2 Å². The van der Waals surface area contributed by atoms with E-state index in [0.717, 1.165) is 24.3 Å². The Kier molecular flexibility index (Phi) is 5.28. The molecule has 0 bridgehead atoms. The largest absolute Gasteiger partial charge is 0.491 e. The summed E-state index contributed by atoms with van der Waals surface area (Å²) in [4.78, 5) is 11.6. The van der Waals surface area contributed by atoms with Crippen LogP contribution in [0.25, 0.3) is 0 Å². The first-order valence-electron chi connectivity index (χ1n) is 6.66. The lowest BCUT2D eigenvalue weighted by atomic mass is 10.2. The number of carbonyl (C=O) groups is 1. The third-order valence-corrected chi connectivity index (χ3v) is 2.87. The molecular formula is C15H14F3NO4. The lowest BCUT2D eigenvalue weighted by Crippen LogP contribution is -2.35. The van der Waals surface area contributed by atoms with Crippen molar-refractivity contribution in [1.29, 1.82) is 0 Å². The maximum Gasteiger partial charge on any atom is 0.416 e.